The minimum atomic E-state index is -0.109. The molecule has 0 saturated heterocycles. The van der Waals surface area contributed by atoms with Gasteiger partial charge in [0.1, 0.15) is 11.6 Å². The molecule has 4 heterocycles. The van der Waals surface area contributed by atoms with Gasteiger partial charge in [-0.15, -0.1) is 22.7 Å². The molecule has 0 radical (unpaired) electrons. The number of aromatic amines is 2. The molecule has 4 aromatic heterocycles. The molecule has 0 atom stereocenters. The van der Waals surface area contributed by atoms with Crippen molar-refractivity contribution in [2.45, 2.75) is 77.3 Å². The van der Waals surface area contributed by atoms with Crippen molar-refractivity contribution in [2.24, 2.45) is 0 Å². The van der Waals surface area contributed by atoms with Crippen LogP contribution < -0.4 is 11.4 Å². The van der Waals surface area contributed by atoms with E-state index in [-0.39, 0.29) is 11.4 Å². The van der Waals surface area contributed by atoms with Crippen LogP contribution in [0.2, 0.25) is 0 Å². The molecule has 0 fully saturated rings. The second-order valence-corrected chi connectivity index (χ2v) is 10.6. The zero-order chi connectivity index (χ0) is 23.6. The zero-order valence-electron chi connectivity index (χ0n) is 19.4. The van der Waals surface area contributed by atoms with Gasteiger partial charge in [-0.2, -0.15) is 10.2 Å². The molecule has 0 bridgehead atoms. The molecule has 0 aromatic carbocycles. The summed E-state index contributed by atoms with van der Waals surface area (Å²) in [7, 11) is 0. The fourth-order valence-electron chi connectivity index (χ4n) is 4.17. The summed E-state index contributed by atoms with van der Waals surface area (Å²) in [6.45, 7) is 1.45. The van der Waals surface area contributed by atoms with Gasteiger partial charge in [0.05, 0.1) is 0 Å². The lowest BCUT2D eigenvalue weighted by atomic mass is 10.1. The molecule has 2 N–H and O–H groups in total. The molecule has 182 valence electrons. The number of aromatic nitrogens is 6. The van der Waals surface area contributed by atoms with E-state index in [1.54, 1.807) is 31.8 Å². The van der Waals surface area contributed by atoms with Crippen molar-refractivity contribution in [3.05, 3.63) is 77.4 Å². The maximum atomic E-state index is 12.1. The van der Waals surface area contributed by atoms with Crippen LogP contribution in [0.3, 0.4) is 0 Å². The summed E-state index contributed by atoms with van der Waals surface area (Å²) < 4.78 is 3.56. The highest BCUT2D eigenvalue weighted by molar-refractivity contribution is 7.10. The lowest BCUT2D eigenvalue weighted by Crippen LogP contribution is -2.19. The van der Waals surface area contributed by atoms with Crippen molar-refractivity contribution in [3.8, 4) is 0 Å². The van der Waals surface area contributed by atoms with E-state index in [0.717, 1.165) is 50.4 Å². The van der Waals surface area contributed by atoms with Crippen LogP contribution in [0.4, 0.5) is 0 Å². The molecule has 0 aliphatic heterocycles. The summed E-state index contributed by atoms with van der Waals surface area (Å²) in [5.41, 5.74) is -0.219. The van der Waals surface area contributed by atoms with E-state index in [2.05, 4.69) is 32.5 Å². The van der Waals surface area contributed by atoms with Gasteiger partial charge in [-0.05, 0) is 35.7 Å². The first-order valence-corrected chi connectivity index (χ1v) is 13.8. The van der Waals surface area contributed by atoms with Crippen molar-refractivity contribution < 1.29 is 0 Å². The summed E-state index contributed by atoms with van der Waals surface area (Å²) >= 11 is 3.38. The van der Waals surface area contributed by atoms with E-state index in [1.807, 2.05) is 22.9 Å². The molecule has 0 spiro atoms. The van der Waals surface area contributed by atoms with Gasteiger partial charge in [-0.25, -0.2) is 19.8 Å². The summed E-state index contributed by atoms with van der Waals surface area (Å²) in [5.74, 6) is 1.64. The van der Waals surface area contributed by atoms with Crippen LogP contribution in [0, 0.1) is 0 Å². The molecule has 10 heteroatoms. The third-order valence-electron chi connectivity index (χ3n) is 6.01. The molecule has 0 amide bonds. The molecule has 0 aliphatic carbocycles. The Morgan fingerprint density at radius 3 is 1.44 bits per heavy atom. The summed E-state index contributed by atoms with van der Waals surface area (Å²) in [6, 6.07) is 8.20. The van der Waals surface area contributed by atoms with Gasteiger partial charge in [0, 0.05) is 35.7 Å². The van der Waals surface area contributed by atoms with Crippen molar-refractivity contribution >= 4 is 22.7 Å². The van der Waals surface area contributed by atoms with Crippen LogP contribution in [0.25, 0.3) is 0 Å². The van der Waals surface area contributed by atoms with Gasteiger partial charge < -0.3 is 0 Å². The summed E-state index contributed by atoms with van der Waals surface area (Å²) in [5, 5.41) is 17.7. The van der Waals surface area contributed by atoms with Crippen LogP contribution in [-0.4, -0.2) is 29.5 Å². The largest absolute Gasteiger partial charge is 0.343 e. The van der Waals surface area contributed by atoms with Gasteiger partial charge >= 0.3 is 11.4 Å². The van der Waals surface area contributed by atoms with E-state index in [4.69, 9.17) is 0 Å². The quantitative estimate of drug-likeness (QED) is 0.233. The smallest absolute Gasteiger partial charge is 0.279 e. The number of hydrogen-bond donors (Lipinski definition) is 2. The Bertz CT molecular complexity index is 1120. The molecule has 4 rings (SSSR count). The standard InChI is InChI=1S/C24H32N6O2S2/c31-23-27-25-21(17-19-11-9-15-33-19)29(23)13-7-5-3-1-2-4-6-8-14-30-22(26-28-24(30)32)18-20-12-10-16-34-20/h9-12,15-16H,1-8,13-14,17-18H2,(H,27,31)(H,28,32). The SMILES string of the molecule is O=c1[nH]nc(Cc2cccs2)n1CCCCCCCCCCn1c(Cc2cccs2)n[nH]c1=O. The number of H-pyrrole nitrogens is 2. The van der Waals surface area contributed by atoms with Gasteiger partial charge in [0.2, 0.25) is 0 Å². The summed E-state index contributed by atoms with van der Waals surface area (Å²) in [6.07, 6.45) is 10.4. The Balaban J connectivity index is 1.07. The Morgan fingerprint density at radius 1 is 0.647 bits per heavy atom. The van der Waals surface area contributed by atoms with Crippen molar-refractivity contribution in [1.29, 1.82) is 0 Å². The molecule has 0 unspecified atom stereocenters. The molecule has 8 nitrogen and oxygen atoms in total. The second kappa shape index (κ2) is 12.7. The predicted molar refractivity (Wildman–Crippen MR) is 137 cm³/mol. The molecular weight excluding hydrogens is 468 g/mol. The zero-order valence-corrected chi connectivity index (χ0v) is 21.0. The minimum Gasteiger partial charge on any atom is -0.279 e. The number of nitrogens with one attached hydrogen (secondary N) is 2. The average Bonchev–Trinajstić information content (AvgIpc) is 3.64. The van der Waals surface area contributed by atoms with Crippen molar-refractivity contribution in [1.82, 2.24) is 29.5 Å². The van der Waals surface area contributed by atoms with Crippen LogP contribution in [-0.2, 0) is 25.9 Å². The lowest BCUT2D eigenvalue weighted by molar-refractivity contribution is 0.513. The molecule has 0 saturated carbocycles. The van der Waals surface area contributed by atoms with E-state index in [9.17, 15) is 9.59 Å². The first-order valence-electron chi connectivity index (χ1n) is 12.0. The maximum absolute atomic E-state index is 12.1. The van der Waals surface area contributed by atoms with E-state index < -0.39 is 0 Å². The second-order valence-electron chi connectivity index (χ2n) is 8.53. The highest BCUT2D eigenvalue weighted by Crippen LogP contribution is 2.15. The van der Waals surface area contributed by atoms with Crippen LogP contribution in [0.1, 0.15) is 72.8 Å². The van der Waals surface area contributed by atoms with E-state index >= 15 is 0 Å². The highest BCUT2D eigenvalue weighted by atomic mass is 32.1. The first kappa shape index (κ1) is 24.4. The third-order valence-corrected chi connectivity index (χ3v) is 7.77. The fourth-order valence-corrected chi connectivity index (χ4v) is 5.57. The Kier molecular flexibility index (Phi) is 9.09. The maximum Gasteiger partial charge on any atom is 0.343 e. The number of unbranched alkanes of at least 4 members (excludes halogenated alkanes) is 7. The molecular formula is C24H32N6O2S2. The fraction of sp³-hybridized carbons (Fsp3) is 0.500. The van der Waals surface area contributed by atoms with Crippen LogP contribution >= 0.6 is 22.7 Å². The van der Waals surface area contributed by atoms with Gasteiger partial charge in [0.25, 0.3) is 0 Å². The third kappa shape index (κ3) is 6.89. The van der Waals surface area contributed by atoms with Crippen molar-refractivity contribution in [2.75, 3.05) is 0 Å². The van der Waals surface area contributed by atoms with Gasteiger partial charge in [0.15, 0.2) is 0 Å². The highest BCUT2D eigenvalue weighted by Gasteiger charge is 2.10. The molecule has 0 aliphatic rings. The van der Waals surface area contributed by atoms with E-state index in [0.29, 0.717) is 12.8 Å². The van der Waals surface area contributed by atoms with Crippen LogP contribution in [0.5, 0.6) is 0 Å². The number of thiophene rings is 2. The van der Waals surface area contributed by atoms with Gasteiger partial charge in [-0.3, -0.25) is 9.13 Å². The summed E-state index contributed by atoms with van der Waals surface area (Å²) in [4.78, 5) is 26.6. The monoisotopic (exact) mass is 500 g/mol. The molecule has 34 heavy (non-hydrogen) atoms. The minimum absolute atomic E-state index is 0.109. The predicted octanol–water partition coefficient (Wildman–Crippen LogP) is 4.58. The Morgan fingerprint density at radius 2 is 1.06 bits per heavy atom. The van der Waals surface area contributed by atoms with Crippen molar-refractivity contribution in [3.63, 3.8) is 0 Å². The normalized spacial score (nSPS) is 11.4. The van der Waals surface area contributed by atoms with Gasteiger partial charge in [-0.1, -0.05) is 50.7 Å². The number of nitrogens with zero attached hydrogens (tertiary/aromatic N) is 4. The Labute approximate surface area is 206 Å². The average molecular weight is 501 g/mol. The van der Waals surface area contributed by atoms with E-state index in [1.165, 1.54) is 35.4 Å². The molecule has 4 aromatic rings. The number of hydrogen-bond acceptors (Lipinski definition) is 6. The number of rotatable bonds is 15. The first-order chi connectivity index (χ1) is 16.7. The van der Waals surface area contributed by atoms with Crippen LogP contribution in [0.15, 0.2) is 44.6 Å². The lowest BCUT2D eigenvalue weighted by Gasteiger charge is -2.06. The topological polar surface area (TPSA) is 101 Å². The Hall–Kier alpha value is -2.72.